The van der Waals surface area contributed by atoms with Crippen molar-refractivity contribution in [1.29, 1.82) is 0 Å². The zero-order valence-corrected chi connectivity index (χ0v) is 13.9. The van der Waals surface area contributed by atoms with Crippen molar-refractivity contribution in [3.8, 4) is 22.8 Å². The van der Waals surface area contributed by atoms with E-state index in [0.717, 1.165) is 33.9 Å². The molecule has 2 heterocycles. The molecule has 1 aliphatic heterocycles. The van der Waals surface area contributed by atoms with E-state index in [2.05, 4.69) is 15.5 Å². The van der Waals surface area contributed by atoms with Crippen LogP contribution < -0.4 is 14.8 Å². The van der Waals surface area contributed by atoms with Crippen LogP contribution >= 0.6 is 0 Å². The van der Waals surface area contributed by atoms with Crippen molar-refractivity contribution in [2.24, 2.45) is 0 Å². The predicted octanol–water partition coefficient (Wildman–Crippen LogP) is 2.93. The minimum absolute atomic E-state index is 0.163. The third kappa shape index (κ3) is 2.52. The van der Waals surface area contributed by atoms with Crippen LogP contribution in [0.25, 0.3) is 11.3 Å². The zero-order valence-electron chi connectivity index (χ0n) is 13.9. The Kier molecular flexibility index (Phi) is 3.65. The molecule has 1 aliphatic rings. The first kappa shape index (κ1) is 15.3. The summed E-state index contributed by atoms with van der Waals surface area (Å²) in [5.74, 6) is 1.32. The van der Waals surface area contributed by atoms with E-state index in [-0.39, 0.29) is 11.9 Å². The number of ether oxygens (including phenoxy) is 2. The van der Waals surface area contributed by atoms with Crippen LogP contribution in [0.2, 0.25) is 0 Å². The Morgan fingerprint density at radius 2 is 1.72 bits per heavy atom. The van der Waals surface area contributed by atoms with Gasteiger partial charge in [-0.2, -0.15) is 5.10 Å². The molecule has 126 valence electrons. The van der Waals surface area contributed by atoms with Gasteiger partial charge in [-0.1, -0.05) is 24.3 Å². The Labute approximate surface area is 144 Å². The lowest BCUT2D eigenvalue weighted by Gasteiger charge is -2.14. The summed E-state index contributed by atoms with van der Waals surface area (Å²) in [6, 6.07) is 15.0. The average Bonchev–Trinajstić information content (AvgIpc) is 3.23. The van der Waals surface area contributed by atoms with Crippen LogP contribution in [0.3, 0.4) is 0 Å². The highest BCUT2D eigenvalue weighted by molar-refractivity contribution is 6.00. The topological polar surface area (TPSA) is 76.2 Å². The molecular weight excluding hydrogens is 318 g/mol. The van der Waals surface area contributed by atoms with Gasteiger partial charge in [0.05, 0.1) is 26.0 Å². The Morgan fingerprint density at radius 1 is 1.00 bits per heavy atom. The second-order valence-corrected chi connectivity index (χ2v) is 5.78. The molecule has 0 saturated heterocycles. The molecule has 0 radical (unpaired) electrons. The van der Waals surface area contributed by atoms with E-state index in [0.29, 0.717) is 5.69 Å². The minimum Gasteiger partial charge on any atom is -0.497 e. The number of hydrogen-bond donors (Lipinski definition) is 2. The largest absolute Gasteiger partial charge is 0.497 e. The fourth-order valence-electron chi connectivity index (χ4n) is 3.14. The first-order chi connectivity index (χ1) is 12.2. The van der Waals surface area contributed by atoms with Gasteiger partial charge in [0.25, 0.3) is 5.91 Å². The molecule has 1 amide bonds. The summed E-state index contributed by atoms with van der Waals surface area (Å²) >= 11 is 0. The van der Waals surface area contributed by atoms with Crippen molar-refractivity contribution in [3.05, 3.63) is 65.4 Å². The molecule has 6 nitrogen and oxygen atoms in total. The van der Waals surface area contributed by atoms with Gasteiger partial charge in [-0.25, -0.2) is 0 Å². The van der Waals surface area contributed by atoms with Crippen molar-refractivity contribution >= 4 is 5.91 Å². The molecule has 2 N–H and O–H groups in total. The van der Waals surface area contributed by atoms with Crippen molar-refractivity contribution in [2.45, 2.75) is 6.04 Å². The standard InChI is InChI=1S/C19H17N3O3/c1-24-13-7-3-5-11(9-13)16-15-17(21-22-18(15)19(23)20-16)12-6-4-8-14(10-12)25-2/h3-10,16H,1-2H3,(H,20,23)(H,21,22)/t16-/m1/s1. The van der Waals surface area contributed by atoms with E-state index in [1.54, 1.807) is 14.2 Å². The van der Waals surface area contributed by atoms with Crippen LogP contribution in [-0.4, -0.2) is 30.3 Å². The normalized spacial score (nSPS) is 15.6. The monoisotopic (exact) mass is 335 g/mol. The van der Waals surface area contributed by atoms with Crippen molar-refractivity contribution in [2.75, 3.05) is 14.2 Å². The van der Waals surface area contributed by atoms with Crippen LogP contribution in [0.15, 0.2) is 48.5 Å². The maximum Gasteiger partial charge on any atom is 0.270 e. The predicted molar refractivity (Wildman–Crippen MR) is 92.9 cm³/mol. The van der Waals surface area contributed by atoms with Gasteiger partial charge in [-0.15, -0.1) is 0 Å². The number of benzene rings is 2. The lowest BCUT2D eigenvalue weighted by Crippen LogP contribution is -2.21. The molecular formula is C19H17N3O3. The van der Waals surface area contributed by atoms with Crippen molar-refractivity contribution in [3.63, 3.8) is 0 Å². The maximum absolute atomic E-state index is 12.3. The molecule has 4 rings (SSSR count). The summed E-state index contributed by atoms with van der Waals surface area (Å²) in [6.07, 6.45) is 0. The number of fused-ring (bicyclic) bond motifs is 1. The van der Waals surface area contributed by atoms with E-state index < -0.39 is 0 Å². The number of H-pyrrole nitrogens is 1. The van der Waals surface area contributed by atoms with Gasteiger partial charge in [0.15, 0.2) is 0 Å². The summed E-state index contributed by atoms with van der Waals surface area (Å²) in [4.78, 5) is 12.3. The summed E-state index contributed by atoms with van der Waals surface area (Å²) in [5, 5.41) is 10.3. The van der Waals surface area contributed by atoms with Crippen molar-refractivity contribution < 1.29 is 14.3 Å². The number of carbonyl (C=O) groups excluding carboxylic acids is 1. The van der Waals surface area contributed by atoms with Crippen LogP contribution in [0.4, 0.5) is 0 Å². The number of methoxy groups -OCH3 is 2. The molecule has 0 bridgehead atoms. The van der Waals surface area contributed by atoms with Gasteiger partial charge in [0, 0.05) is 11.1 Å². The number of nitrogens with one attached hydrogen (secondary N) is 2. The number of aromatic amines is 1. The van der Waals surface area contributed by atoms with Crippen LogP contribution in [0.1, 0.15) is 27.7 Å². The van der Waals surface area contributed by atoms with Gasteiger partial charge in [-0.3, -0.25) is 9.89 Å². The third-order valence-corrected chi connectivity index (χ3v) is 4.37. The van der Waals surface area contributed by atoms with E-state index in [4.69, 9.17) is 9.47 Å². The highest BCUT2D eigenvalue weighted by atomic mass is 16.5. The summed E-state index contributed by atoms with van der Waals surface area (Å²) in [5.41, 5.74) is 3.90. The van der Waals surface area contributed by atoms with E-state index >= 15 is 0 Å². The molecule has 6 heteroatoms. The second kappa shape index (κ2) is 5.98. The molecule has 25 heavy (non-hydrogen) atoms. The number of amides is 1. The molecule has 0 unspecified atom stereocenters. The van der Waals surface area contributed by atoms with Gasteiger partial charge in [0.1, 0.15) is 17.2 Å². The smallest absolute Gasteiger partial charge is 0.270 e. The average molecular weight is 335 g/mol. The van der Waals surface area contributed by atoms with Crippen LogP contribution in [0, 0.1) is 0 Å². The highest BCUT2D eigenvalue weighted by Gasteiger charge is 2.35. The van der Waals surface area contributed by atoms with Gasteiger partial charge >= 0.3 is 0 Å². The van der Waals surface area contributed by atoms with Crippen LogP contribution in [-0.2, 0) is 0 Å². The minimum atomic E-state index is -0.280. The Hall–Kier alpha value is -3.28. The van der Waals surface area contributed by atoms with Crippen LogP contribution in [0.5, 0.6) is 11.5 Å². The first-order valence-electron chi connectivity index (χ1n) is 7.88. The molecule has 0 fully saturated rings. The number of hydrogen-bond acceptors (Lipinski definition) is 4. The lowest BCUT2D eigenvalue weighted by atomic mass is 9.96. The molecule has 1 atom stereocenters. The molecule has 3 aromatic rings. The molecule has 0 aliphatic carbocycles. The second-order valence-electron chi connectivity index (χ2n) is 5.78. The van der Waals surface area contributed by atoms with Gasteiger partial charge < -0.3 is 14.8 Å². The summed E-state index contributed by atoms with van der Waals surface area (Å²) < 4.78 is 10.6. The fourth-order valence-corrected chi connectivity index (χ4v) is 3.14. The summed E-state index contributed by atoms with van der Waals surface area (Å²) in [6.45, 7) is 0. The molecule has 0 saturated carbocycles. The lowest BCUT2D eigenvalue weighted by molar-refractivity contribution is 0.0955. The highest BCUT2D eigenvalue weighted by Crippen LogP contribution is 2.38. The molecule has 0 spiro atoms. The van der Waals surface area contributed by atoms with Gasteiger partial charge in [0.2, 0.25) is 0 Å². The zero-order chi connectivity index (χ0) is 17.4. The Morgan fingerprint density at radius 3 is 2.48 bits per heavy atom. The number of aromatic nitrogens is 2. The number of rotatable bonds is 4. The quantitative estimate of drug-likeness (QED) is 0.769. The molecule has 1 aromatic heterocycles. The summed E-state index contributed by atoms with van der Waals surface area (Å²) in [7, 11) is 3.25. The van der Waals surface area contributed by atoms with E-state index in [1.807, 2.05) is 48.5 Å². The van der Waals surface area contributed by atoms with Gasteiger partial charge in [-0.05, 0) is 29.8 Å². The number of carbonyl (C=O) groups is 1. The first-order valence-corrected chi connectivity index (χ1v) is 7.88. The fraction of sp³-hybridized carbons (Fsp3) is 0.158. The Bertz CT molecular complexity index is 949. The maximum atomic E-state index is 12.3. The SMILES string of the molecule is COc1cccc(-c2n[nH]c3c2[C@@H](c2cccc(OC)c2)NC3=O)c1. The molecule has 2 aromatic carbocycles. The third-order valence-electron chi connectivity index (χ3n) is 4.37. The van der Waals surface area contributed by atoms with Crippen molar-refractivity contribution in [1.82, 2.24) is 15.5 Å². The van der Waals surface area contributed by atoms with E-state index in [1.165, 1.54) is 0 Å². The number of nitrogens with zero attached hydrogens (tertiary/aromatic N) is 1. The van der Waals surface area contributed by atoms with E-state index in [9.17, 15) is 4.79 Å². The Balaban J connectivity index is 1.84.